The van der Waals surface area contributed by atoms with Crippen molar-refractivity contribution in [3.05, 3.63) is 11.4 Å². The second-order valence-electron chi connectivity index (χ2n) is 5.27. The van der Waals surface area contributed by atoms with Gasteiger partial charge in [0.1, 0.15) is 0 Å². The highest BCUT2D eigenvalue weighted by molar-refractivity contribution is 5.24. The van der Waals surface area contributed by atoms with Crippen LogP contribution in [0.4, 0.5) is 5.95 Å². The zero-order valence-corrected chi connectivity index (χ0v) is 11.6. The zero-order chi connectivity index (χ0) is 13.0. The first-order chi connectivity index (χ1) is 8.65. The van der Waals surface area contributed by atoms with Crippen LogP contribution in [-0.4, -0.2) is 46.8 Å². The molecule has 100 valence electrons. The summed E-state index contributed by atoms with van der Waals surface area (Å²) in [4.78, 5) is 6.78. The quantitative estimate of drug-likeness (QED) is 0.879. The highest BCUT2D eigenvalue weighted by Gasteiger charge is 2.16. The molecule has 0 unspecified atom stereocenters. The van der Waals surface area contributed by atoms with Crippen molar-refractivity contribution in [3.8, 4) is 0 Å². The number of nitrogens with zero attached hydrogens (tertiary/aromatic N) is 4. The predicted octanol–water partition coefficient (Wildman–Crippen LogP) is 1.63. The van der Waals surface area contributed by atoms with Gasteiger partial charge in [0.2, 0.25) is 5.95 Å². The summed E-state index contributed by atoms with van der Waals surface area (Å²) in [6.45, 7) is 7.29. The first kappa shape index (κ1) is 13.2. The molecule has 0 aromatic carbocycles. The minimum Gasteiger partial charge on any atom is -0.353 e. The normalized spacial score (nSPS) is 17.9. The van der Waals surface area contributed by atoms with Crippen LogP contribution in [0, 0.1) is 19.8 Å². The molecular weight excluding hydrogens is 226 g/mol. The third-order valence-electron chi connectivity index (χ3n) is 3.77. The van der Waals surface area contributed by atoms with Crippen molar-refractivity contribution in [2.75, 3.05) is 32.0 Å². The fourth-order valence-corrected chi connectivity index (χ4v) is 2.27. The van der Waals surface area contributed by atoms with Crippen LogP contribution in [0.1, 0.15) is 30.7 Å². The summed E-state index contributed by atoms with van der Waals surface area (Å²) in [6.07, 6.45) is 3.82. The topological polar surface area (TPSA) is 53.9 Å². The van der Waals surface area contributed by atoms with E-state index in [0.717, 1.165) is 23.9 Å². The summed E-state index contributed by atoms with van der Waals surface area (Å²) >= 11 is 0. The molecule has 0 aliphatic carbocycles. The van der Waals surface area contributed by atoms with Crippen LogP contribution in [0.2, 0.25) is 0 Å². The first-order valence-corrected chi connectivity index (χ1v) is 6.75. The first-order valence-electron chi connectivity index (χ1n) is 6.75. The SMILES string of the molecule is Cc1nnc(NCCC2CCN(C)CC2)nc1C. The number of piperidine rings is 1. The van der Waals surface area contributed by atoms with Crippen LogP contribution in [-0.2, 0) is 0 Å². The highest BCUT2D eigenvalue weighted by Crippen LogP contribution is 2.19. The lowest BCUT2D eigenvalue weighted by atomic mass is 9.94. The summed E-state index contributed by atoms with van der Waals surface area (Å²) in [6, 6.07) is 0. The van der Waals surface area contributed by atoms with Gasteiger partial charge in [0, 0.05) is 6.54 Å². The number of aryl methyl sites for hydroxylation is 2. The standard InChI is InChI=1S/C13H23N5/c1-10-11(2)16-17-13(15-10)14-7-4-12-5-8-18(3)9-6-12/h12H,4-9H2,1-3H3,(H,14,15,17). The summed E-state index contributed by atoms with van der Waals surface area (Å²) in [7, 11) is 2.20. The molecule has 0 amide bonds. The molecule has 5 nitrogen and oxygen atoms in total. The number of nitrogens with one attached hydrogen (secondary N) is 1. The third-order valence-corrected chi connectivity index (χ3v) is 3.77. The number of hydrogen-bond donors (Lipinski definition) is 1. The Morgan fingerprint density at radius 2 is 1.89 bits per heavy atom. The van der Waals surface area contributed by atoms with Crippen LogP contribution in [0.3, 0.4) is 0 Å². The Labute approximate surface area is 109 Å². The molecule has 0 radical (unpaired) electrons. The molecule has 1 N–H and O–H groups in total. The average Bonchev–Trinajstić information content (AvgIpc) is 2.36. The number of rotatable bonds is 4. The van der Waals surface area contributed by atoms with Crippen LogP contribution in [0.25, 0.3) is 0 Å². The maximum absolute atomic E-state index is 4.37. The van der Waals surface area contributed by atoms with Crippen molar-refractivity contribution in [2.45, 2.75) is 33.1 Å². The maximum atomic E-state index is 4.37. The number of likely N-dealkylation sites (tertiary alicyclic amines) is 1. The van der Waals surface area contributed by atoms with E-state index in [1.165, 1.54) is 32.4 Å². The van der Waals surface area contributed by atoms with Crippen LogP contribution in [0.5, 0.6) is 0 Å². The molecule has 18 heavy (non-hydrogen) atoms. The molecule has 0 saturated carbocycles. The Balaban J connectivity index is 1.73. The second kappa shape index (κ2) is 6.09. The number of anilines is 1. The van der Waals surface area contributed by atoms with Gasteiger partial charge in [0.25, 0.3) is 0 Å². The minimum absolute atomic E-state index is 0.658. The van der Waals surface area contributed by atoms with E-state index in [0.29, 0.717) is 5.95 Å². The predicted molar refractivity (Wildman–Crippen MR) is 72.6 cm³/mol. The molecule has 1 saturated heterocycles. The summed E-state index contributed by atoms with van der Waals surface area (Å²) in [5.74, 6) is 1.50. The smallest absolute Gasteiger partial charge is 0.242 e. The average molecular weight is 249 g/mol. The molecule has 2 heterocycles. The number of hydrogen-bond acceptors (Lipinski definition) is 5. The molecule has 1 aromatic heterocycles. The van der Waals surface area contributed by atoms with Crippen molar-refractivity contribution in [3.63, 3.8) is 0 Å². The zero-order valence-electron chi connectivity index (χ0n) is 11.6. The van der Waals surface area contributed by atoms with Crippen molar-refractivity contribution < 1.29 is 0 Å². The van der Waals surface area contributed by atoms with E-state index in [1.807, 2.05) is 13.8 Å². The summed E-state index contributed by atoms with van der Waals surface area (Å²) in [5.41, 5.74) is 1.85. The lowest BCUT2D eigenvalue weighted by Gasteiger charge is -2.28. The Morgan fingerprint density at radius 1 is 1.17 bits per heavy atom. The van der Waals surface area contributed by atoms with Gasteiger partial charge in [-0.3, -0.25) is 0 Å². The van der Waals surface area contributed by atoms with E-state index < -0.39 is 0 Å². The lowest BCUT2D eigenvalue weighted by molar-refractivity contribution is 0.215. The largest absolute Gasteiger partial charge is 0.353 e. The van der Waals surface area contributed by atoms with Gasteiger partial charge in [-0.05, 0) is 59.2 Å². The van der Waals surface area contributed by atoms with E-state index in [-0.39, 0.29) is 0 Å². The van der Waals surface area contributed by atoms with E-state index in [1.54, 1.807) is 0 Å². The maximum Gasteiger partial charge on any atom is 0.242 e. The number of aromatic nitrogens is 3. The molecule has 0 spiro atoms. The van der Waals surface area contributed by atoms with Gasteiger partial charge >= 0.3 is 0 Å². The van der Waals surface area contributed by atoms with Gasteiger partial charge in [0.15, 0.2) is 0 Å². The van der Waals surface area contributed by atoms with E-state index in [4.69, 9.17) is 0 Å². The van der Waals surface area contributed by atoms with Crippen molar-refractivity contribution in [1.82, 2.24) is 20.1 Å². The molecular formula is C13H23N5. The molecule has 5 heteroatoms. The minimum atomic E-state index is 0.658. The van der Waals surface area contributed by atoms with E-state index >= 15 is 0 Å². The Hall–Kier alpha value is -1.23. The van der Waals surface area contributed by atoms with Gasteiger partial charge in [-0.15, -0.1) is 5.10 Å². The van der Waals surface area contributed by atoms with Crippen LogP contribution < -0.4 is 5.32 Å². The molecule has 0 bridgehead atoms. The van der Waals surface area contributed by atoms with Crippen molar-refractivity contribution in [2.24, 2.45) is 5.92 Å². The van der Waals surface area contributed by atoms with Crippen LogP contribution in [0.15, 0.2) is 0 Å². The second-order valence-corrected chi connectivity index (χ2v) is 5.27. The van der Waals surface area contributed by atoms with Gasteiger partial charge in [-0.1, -0.05) is 0 Å². The van der Waals surface area contributed by atoms with E-state index in [2.05, 4.69) is 32.4 Å². The van der Waals surface area contributed by atoms with Crippen molar-refractivity contribution in [1.29, 1.82) is 0 Å². The monoisotopic (exact) mass is 249 g/mol. The Bertz CT molecular complexity index is 385. The molecule has 1 aliphatic rings. The van der Waals surface area contributed by atoms with Crippen molar-refractivity contribution >= 4 is 5.95 Å². The lowest BCUT2D eigenvalue weighted by Crippen LogP contribution is -2.31. The fraction of sp³-hybridized carbons (Fsp3) is 0.769. The van der Waals surface area contributed by atoms with E-state index in [9.17, 15) is 0 Å². The van der Waals surface area contributed by atoms with Gasteiger partial charge in [-0.2, -0.15) is 5.10 Å². The molecule has 2 rings (SSSR count). The van der Waals surface area contributed by atoms with Gasteiger partial charge in [-0.25, -0.2) is 4.98 Å². The molecule has 1 aliphatic heterocycles. The fourth-order valence-electron chi connectivity index (χ4n) is 2.27. The van der Waals surface area contributed by atoms with Gasteiger partial charge in [0.05, 0.1) is 11.4 Å². The molecule has 1 aromatic rings. The third kappa shape index (κ3) is 3.63. The summed E-state index contributed by atoms with van der Waals surface area (Å²) < 4.78 is 0. The highest BCUT2D eigenvalue weighted by atomic mass is 15.2. The Morgan fingerprint density at radius 3 is 2.56 bits per heavy atom. The molecule has 1 fully saturated rings. The molecule has 0 atom stereocenters. The summed E-state index contributed by atoms with van der Waals surface area (Å²) in [5, 5.41) is 11.4. The van der Waals surface area contributed by atoms with Gasteiger partial charge < -0.3 is 10.2 Å². The van der Waals surface area contributed by atoms with Crippen LogP contribution >= 0.6 is 0 Å². The Kier molecular flexibility index (Phi) is 4.47.